The molecule has 0 spiro atoms. The van der Waals surface area contributed by atoms with Gasteiger partial charge in [-0.15, -0.1) is 0 Å². The number of para-hydroxylation sites is 2. The molecule has 1 N–H and O–H groups in total. The third-order valence-corrected chi connectivity index (χ3v) is 5.34. The fourth-order valence-electron chi connectivity index (χ4n) is 3.58. The van der Waals surface area contributed by atoms with E-state index in [1.54, 1.807) is 36.4 Å². The zero-order chi connectivity index (χ0) is 26.9. The first-order chi connectivity index (χ1) is 18.5. The lowest BCUT2D eigenvalue weighted by Crippen LogP contribution is -2.24. The highest BCUT2D eigenvalue weighted by Gasteiger charge is 2.16. The number of benzene rings is 4. The smallest absolute Gasteiger partial charge is 0.343 e. The molecule has 0 heterocycles. The molecule has 4 aromatic rings. The van der Waals surface area contributed by atoms with E-state index in [0.29, 0.717) is 23.5 Å². The molecule has 10 nitrogen and oxygen atoms in total. The molecule has 0 bridgehead atoms. The van der Waals surface area contributed by atoms with Crippen LogP contribution in [0.1, 0.15) is 22.8 Å². The summed E-state index contributed by atoms with van der Waals surface area (Å²) in [6.45, 7) is 1.89. The van der Waals surface area contributed by atoms with E-state index in [-0.39, 0.29) is 17.2 Å². The average molecular weight is 514 g/mol. The number of ether oxygens (including phenoxy) is 3. The zero-order valence-corrected chi connectivity index (χ0v) is 20.3. The Labute approximate surface area is 217 Å². The van der Waals surface area contributed by atoms with Crippen LogP contribution in [0.4, 0.5) is 5.69 Å². The predicted octanol–water partition coefficient (Wildman–Crippen LogP) is 4.90. The van der Waals surface area contributed by atoms with Crippen molar-refractivity contribution in [2.24, 2.45) is 5.10 Å². The fraction of sp³-hybridized carbons (Fsp3) is 0.107. The summed E-state index contributed by atoms with van der Waals surface area (Å²) in [5, 5.41) is 16.7. The zero-order valence-electron chi connectivity index (χ0n) is 20.3. The van der Waals surface area contributed by atoms with Gasteiger partial charge in [0.2, 0.25) is 0 Å². The van der Waals surface area contributed by atoms with Gasteiger partial charge in [-0.3, -0.25) is 14.9 Å². The van der Waals surface area contributed by atoms with Crippen LogP contribution in [0.3, 0.4) is 0 Å². The van der Waals surface area contributed by atoms with E-state index in [1.165, 1.54) is 24.4 Å². The highest BCUT2D eigenvalue weighted by molar-refractivity contribution is 6.04. The first-order valence-electron chi connectivity index (χ1n) is 11.6. The summed E-state index contributed by atoms with van der Waals surface area (Å²) in [6.07, 6.45) is 1.37. The predicted molar refractivity (Wildman–Crippen MR) is 141 cm³/mol. The molecule has 0 aliphatic carbocycles. The molecular weight excluding hydrogens is 490 g/mol. The van der Waals surface area contributed by atoms with Gasteiger partial charge in [0.05, 0.1) is 23.3 Å². The number of carbonyl (C=O) groups excluding carboxylic acids is 2. The Bertz CT molecular complexity index is 1500. The van der Waals surface area contributed by atoms with E-state index in [9.17, 15) is 19.7 Å². The Morgan fingerprint density at radius 2 is 1.66 bits per heavy atom. The van der Waals surface area contributed by atoms with Crippen molar-refractivity contribution in [1.29, 1.82) is 0 Å². The Balaban J connectivity index is 1.49. The average Bonchev–Trinajstić information content (AvgIpc) is 2.93. The number of hydrazone groups is 1. The Hall–Kier alpha value is -5.25. The number of rotatable bonds is 10. The summed E-state index contributed by atoms with van der Waals surface area (Å²) in [4.78, 5) is 35.6. The molecule has 0 radical (unpaired) electrons. The first-order valence-corrected chi connectivity index (χ1v) is 11.6. The lowest BCUT2D eigenvalue weighted by atomic mass is 10.0. The van der Waals surface area contributed by atoms with Crippen molar-refractivity contribution >= 4 is 34.6 Å². The van der Waals surface area contributed by atoms with Crippen molar-refractivity contribution in [3.63, 3.8) is 0 Å². The van der Waals surface area contributed by atoms with Gasteiger partial charge in [0.15, 0.2) is 12.4 Å². The third-order valence-electron chi connectivity index (χ3n) is 5.34. The van der Waals surface area contributed by atoms with Crippen LogP contribution in [0, 0.1) is 10.1 Å². The molecule has 1 amide bonds. The fourth-order valence-corrected chi connectivity index (χ4v) is 3.58. The summed E-state index contributed by atoms with van der Waals surface area (Å²) in [6, 6.07) is 23.2. The van der Waals surface area contributed by atoms with Crippen molar-refractivity contribution in [2.75, 3.05) is 13.2 Å². The number of nitrogens with zero attached hydrogens (tertiary/aromatic N) is 2. The lowest BCUT2D eigenvalue weighted by Gasteiger charge is -2.11. The second kappa shape index (κ2) is 12.1. The minimum atomic E-state index is -0.632. The van der Waals surface area contributed by atoms with Crippen LogP contribution >= 0.6 is 0 Å². The van der Waals surface area contributed by atoms with Crippen LogP contribution < -0.4 is 19.6 Å². The monoisotopic (exact) mass is 513 g/mol. The van der Waals surface area contributed by atoms with Crippen molar-refractivity contribution in [2.45, 2.75) is 6.92 Å². The number of amides is 1. The highest BCUT2D eigenvalue weighted by atomic mass is 16.6. The molecule has 0 aliphatic rings. The standard InChI is InChI=1S/C28H23N3O7/c1-2-36-21-14-11-20(12-15-21)28(33)38-25-16-13-19-7-3-4-8-22(19)23(25)17-29-30-27(32)18-37-26-10-6-5-9-24(26)31(34)35/h3-17H,2,18H2,1H3,(H,30,32)/b29-17-. The van der Waals surface area contributed by atoms with Crippen molar-refractivity contribution < 1.29 is 28.7 Å². The number of nitrogens with one attached hydrogen (secondary N) is 1. The summed E-state index contributed by atoms with van der Waals surface area (Å²) in [5.41, 5.74) is 2.89. The van der Waals surface area contributed by atoms with Gasteiger partial charge in [-0.2, -0.15) is 5.10 Å². The topological polar surface area (TPSA) is 129 Å². The minimum absolute atomic E-state index is 0.0332. The molecule has 0 aliphatic heterocycles. The van der Waals surface area contributed by atoms with Gasteiger partial charge in [-0.25, -0.2) is 10.2 Å². The molecule has 4 aromatic carbocycles. The summed E-state index contributed by atoms with van der Waals surface area (Å²) >= 11 is 0. The summed E-state index contributed by atoms with van der Waals surface area (Å²) < 4.78 is 16.3. The molecule has 10 heteroatoms. The molecule has 4 rings (SSSR count). The molecule has 0 fully saturated rings. The Morgan fingerprint density at radius 3 is 2.42 bits per heavy atom. The summed E-state index contributed by atoms with van der Waals surface area (Å²) in [7, 11) is 0. The number of hydrogen-bond acceptors (Lipinski definition) is 8. The molecule has 0 saturated carbocycles. The van der Waals surface area contributed by atoms with Crippen molar-refractivity contribution in [3.8, 4) is 17.2 Å². The maximum Gasteiger partial charge on any atom is 0.343 e. The van der Waals surface area contributed by atoms with Crippen LogP contribution in [0.5, 0.6) is 17.2 Å². The number of nitro groups is 1. The van der Waals surface area contributed by atoms with Gasteiger partial charge in [0, 0.05) is 11.6 Å². The maximum atomic E-state index is 12.8. The van der Waals surface area contributed by atoms with Crippen molar-refractivity contribution in [3.05, 3.63) is 106 Å². The third kappa shape index (κ3) is 6.30. The second-order valence-electron chi connectivity index (χ2n) is 7.85. The SMILES string of the molecule is CCOc1ccc(C(=O)Oc2ccc3ccccc3c2/C=N\NC(=O)COc2ccccc2[N+](=O)[O-])cc1. The molecule has 192 valence electrons. The van der Waals surface area contributed by atoms with E-state index in [2.05, 4.69) is 10.5 Å². The van der Waals surface area contributed by atoms with Crippen LogP contribution in [0.25, 0.3) is 10.8 Å². The first kappa shape index (κ1) is 25.8. The van der Waals surface area contributed by atoms with Crippen LogP contribution in [-0.4, -0.2) is 36.2 Å². The molecule has 0 aromatic heterocycles. The van der Waals surface area contributed by atoms with Gasteiger partial charge >= 0.3 is 11.7 Å². The molecule has 0 saturated heterocycles. The normalized spacial score (nSPS) is 10.8. The van der Waals surface area contributed by atoms with Gasteiger partial charge in [-0.05, 0) is 54.1 Å². The van der Waals surface area contributed by atoms with Gasteiger partial charge < -0.3 is 14.2 Å². The number of hydrogen-bond donors (Lipinski definition) is 1. The minimum Gasteiger partial charge on any atom is -0.494 e. The van der Waals surface area contributed by atoms with E-state index >= 15 is 0 Å². The summed E-state index contributed by atoms with van der Waals surface area (Å²) in [5.74, 6) is -0.345. The molecule has 0 atom stereocenters. The number of esters is 1. The highest BCUT2D eigenvalue weighted by Crippen LogP contribution is 2.28. The quantitative estimate of drug-likeness (QED) is 0.105. The van der Waals surface area contributed by atoms with Crippen LogP contribution in [0.15, 0.2) is 90.0 Å². The van der Waals surface area contributed by atoms with E-state index in [1.807, 2.05) is 37.3 Å². The molecule has 38 heavy (non-hydrogen) atoms. The Morgan fingerprint density at radius 1 is 0.921 bits per heavy atom. The Kier molecular flexibility index (Phi) is 8.25. The van der Waals surface area contributed by atoms with Gasteiger partial charge in [0.25, 0.3) is 5.91 Å². The van der Waals surface area contributed by atoms with E-state index in [0.717, 1.165) is 10.8 Å². The second-order valence-corrected chi connectivity index (χ2v) is 7.85. The number of carbonyl (C=O) groups is 2. The lowest BCUT2D eigenvalue weighted by molar-refractivity contribution is -0.385. The van der Waals surface area contributed by atoms with Crippen LogP contribution in [0.2, 0.25) is 0 Å². The largest absolute Gasteiger partial charge is 0.494 e. The van der Waals surface area contributed by atoms with Crippen molar-refractivity contribution in [1.82, 2.24) is 5.43 Å². The maximum absolute atomic E-state index is 12.8. The van der Waals surface area contributed by atoms with E-state index < -0.39 is 23.4 Å². The molecule has 0 unspecified atom stereocenters. The van der Waals surface area contributed by atoms with Gasteiger partial charge in [-0.1, -0.05) is 42.5 Å². The molecular formula is C28H23N3O7. The van der Waals surface area contributed by atoms with Crippen LogP contribution in [-0.2, 0) is 4.79 Å². The number of fused-ring (bicyclic) bond motifs is 1. The van der Waals surface area contributed by atoms with E-state index in [4.69, 9.17) is 14.2 Å². The van der Waals surface area contributed by atoms with Gasteiger partial charge in [0.1, 0.15) is 11.5 Å². The number of nitro benzene ring substituents is 1.